The number of rotatable bonds is 22. The van der Waals surface area contributed by atoms with Crippen molar-refractivity contribution < 1.29 is 28.3 Å². The first-order valence-electron chi connectivity index (χ1n) is 20.6. The number of nitrogens with one attached hydrogen (secondary N) is 1. The van der Waals surface area contributed by atoms with Gasteiger partial charge >= 0.3 is 0 Å². The van der Waals surface area contributed by atoms with E-state index in [0.717, 1.165) is 80.6 Å². The molecule has 314 valence electrons. The lowest BCUT2D eigenvalue weighted by Gasteiger charge is -2.45. The molecule has 0 aliphatic carbocycles. The van der Waals surface area contributed by atoms with Gasteiger partial charge in [0.15, 0.2) is 34.0 Å². The molecule has 1 aliphatic rings. The molecule has 4 heterocycles. The molecule has 0 unspecified atom stereocenters. The van der Waals surface area contributed by atoms with Crippen LogP contribution >= 0.6 is 11.6 Å². The molecule has 1 atom stereocenters. The summed E-state index contributed by atoms with van der Waals surface area (Å²) in [6.07, 6.45) is 10.9. The van der Waals surface area contributed by atoms with E-state index in [1.54, 1.807) is 12.4 Å². The minimum Gasteiger partial charge on any atom is -0.486 e. The molecule has 1 saturated heterocycles. The molecular weight excluding hydrogens is 780 g/mol. The van der Waals surface area contributed by atoms with Crippen molar-refractivity contribution in [3.05, 3.63) is 131 Å². The van der Waals surface area contributed by atoms with Crippen molar-refractivity contribution in [3.63, 3.8) is 0 Å². The van der Waals surface area contributed by atoms with Crippen molar-refractivity contribution >= 4 is 40.7 Å². The van der Waals surface area contributed by atoms with Gasteiger partial charge in [-0.2, -0.15) is 0 Å². The third-order valence-corrected chi connectivity index (χ3v) is 11.1. The summed E-state index contributed by atoms with van der Waals surface area (Å²) < 4.78 is 12.4. The molecule has 1 amide bonds. The normalized spacial score (nSPS) is 14.6. The summed E-state index contributed by atoms with van der Waals surface area (Å²) in [5.41, 5.74) is 15.9. The first-order valence-corrected chi connectivity index (χ1v) is 21.0. The van der Waals surface area contributed by atoms with Gasteiger partial charge in [0.05, 0.1) is 32.2 Å². The number of carbonyl (C=O) groups is 3. The molecule has 0 saturated carbocycles. The molecule has 0 radical (unpaired) electrons. The number of hydrogen-bond donors (Lipinski definition) is 3. The average Bonchev–Trinajstić information content (AvgIpc) is 3.26. The maximum absolute atomic E-state index is 13.3. The Hall–Kier alpha value is -5.92. The van der Waals surface area contributed by atoms with Gasteiger partial charge in [-0.1, -0.05) is 48.0 Å². The quantitative estimate of drug-likeness (QED) is 0.0673. The lowest BCUT2D eigenvalue weighted by Crippen LogP contribution is -2.60. The maximum atomic E-state index is 13.3. The van der Waals surface area contributed by atoms with Crippen LogP contribution in [-0.2, 0) is 35.3 Å². The van der Waals surface area contributed by atoms with Gasteiger partial charge < -0.3 is 30.7 Å². The van der Waals surface area contributed by atoms with Gasteiger partial charge in [-0.3, -0.25) is 24.4 Å². The van der Waals surface area contributed by atoms with Crippen LogP contribution in [0.15, 0.2) is 97.3 Å². The second-order valence-corrected chi connectivity index (χ2v) is 15.8. The lowest BCUT2D eigenvalue weighted by atomic mass is 9.99. The van der Waals surface area contributed by atoms with E-state index < -0.39 is 5.91 Å². The lowest BCUT2D eigenvalue weighted by molar-refractivity contribution is -0.933. The van der Waals surface area contributed by atoms with E-state index in [1.165, 1.54) is 11.1 Å². The Balaban J connectivity index is 1.01. The van der Waals surface area contributed by atoms with Gasteiger partial charge in [-0.25, -0.2) is 9.97 Å². The smallest absolute Gasteiger partial charge is 0.274 e. The number of Topliss-reactive ketones (excluding diaryl/α,β-unsaturated/α-hetero) is 2. The number of halogens is 1. The second-order valence-electron chi connectivity index (χ2n) is 15.4. The van der Waals surface area contributed by atoms with Crippen molar-refractivity contribution in [2.75, 3.05) is 50.9 Å². The highest BCUT2D eigenvalue weighted by atomic mass is 35.5. The first-order chi connectivity index (χ1) is 29.1. The van der Waals surface area contributed by atoms with Crippen molar-refractivity contribution in [2.45, 2.75) is 70.3 Å². The summed E-state index contributed by atoms with van der Waals surface area (Å²) >= 11 is 6.09. The number of anilines is 2. The highest BCUT2D eigenvalue weighted by Crippen LogP contribution is 2.25. The van der Waals surface area contributed by atoms with Gasteiger partial charge in [-0.05, 0) is 98.2 Å². The molecule has 0 spiro atoms. The van der Waals surface area contributed by atoms with Crippen LogP contribution in [0.25, 0.3) is 0 Å². The number of likely N-dealkylation sites (tertiary alicyclic amines) is 1. The number of hydrogen-bond acceptors (Lipinski definition) is 11. The Labute approximate surface area is 356 Å². The summed E-state index contributed by atoms with van der Waals surface area (Å²) in [6, 6.07) is 27.2. The minimum absolute atomic E-state index is 0.0198. The number of nitrogens with zero attached hydrogens (tertiary/aromatic N) is 5. The number of nitrogen functional groups attached to an aromatic ring is 2. The largest absolute Gasteiger partial charge is 0.486 e. The van der Waals surface area contributed by atoms with E-state index in [4.69, 9.17) is 32.5 Å². The number of quaternary nitrogens is 1. The van der Waals surface area contributed by atoms with Crippen LogP contribution in [0.2, 0.25) is 5.15 Å². The monoisotopic (exact) mass is 833 g/mol. The van der Waals surface area contributed by atoms with Crippen LogP contribution < -0.4 is 26.3 Å². The van der Waals surface area contributed by atoms with Crippen molar-refractivity contribution in [1.29, 1.82) is 0 Å². The van der Waals surface area contributed by atoms with Crippen LogP contribution in [0.3, 0.4) is 0 Å². The van der Waals surface area contributed by atoms with E-state index >= 15 is 0 Å². The zero-order valence-electron chi connectivity index (χ0n) is 33.9. The van der Waals surface area contributed by atoms with Gasteiger partial charge in [0.1, 0.15) is 24.7 Å². The van der Waals surface area contributed by atoms with Crippen LogP contribution in [0.4, 0.5) is 11.6 Å². The number of carbonyl (C=O) groups excluding carboxylic acids is 3. The van der Waals surface area contributed by atoms with Gasteiger partial charge in [0.25, 0.3) is 5.91 Å². The maximum Gasteiger partial charge on any atom is 0.274 e. The van der Waals surface area contributed by atoms with Crippen LogP contribution in [0, 0.1) is 0 Å². The summed E-state index contributed by atoms with van der Waals surface area (Å²) in [5.74, 6) is 0.909. The van der Waals surface area contributed by atoms with E-state index in [0.29, 0.717) is 37.2 Å². The molecule has 1 fully saturated rings. The molecule has 14 heteroatoms. The Morgan fingerprint density at radius 1 is 0.700 bits per heavy atom. The number of amides is 1. The molecule has 6 rings (SSSR count). The van der Waals surface area contributed by atoms with Crippen LogP contribution in [0.5, 0.6) is 11.5 Å². The Kier molecular flexibility index (Phi) is 15.9. The SMILES string of the molecule is Nc1nc(N)c(C(=O)N[C@H]2CCC[N+](CCCc3ccc(OCC(=O)CCc4ccccn4)cc3)(CCCc3ccc(OCC(=O)CCc4ccccn4)cc3)C2)nc1Cl. The predicted molar refractivity (Wildman–Crippen MR) is 232 cm³/mol. The van der Waals surface area contributed by atoms with Crippen molar-refractivity contribution in [2.24, 2.45) is 0 Å². The molecule has 0 bridgehead atoms. The van der Waals surface area contributed by atoms with E-state index in [9.17, 15) is 14.4 Å². The minimum atomic E-state index is -0.415. The third-order valence-electron chi connectivity index (χ3n) is 10.9. The molecule has 3 aromatic heterocycles. The molecule has 2 aromatic carbocycles. The standard InChI is InChI=1S/C46H53ClN8O5/c47-43-45(49)54-44(48)42(53-43)46(58)52-37-12-7-29-55(30-37,27-5-8-33-13-21-40(22-14-33)59-31-38(56)19-17-35-10-1-3-25-50-35)28-6-9-34-15-23-41(24-16-34)60-32-39(57)20-18-36-11-2-4-26-51-36/h1-4,10-11,13-16,21-26,37H,5-9,12,17-20,27-32H2,(H4-,48,49,52,54,58)/p+1/t37-/m0/s1. The third kappa shape index (κ3) is 13.6. The zero-order valence-corrected chi connectivity index (χ0v) is 34.7. The molecule has 5 N–H and O–H groups in total. The van der Waals surface area contributed by atoms with Crippen molar-refractivity contribution in [3.8, 4) is 11.5 Å². The fourth-order valence-electron chi connectivity index (χ4n) is 7.66. The number of aromatic nitrogens is 4. The van der Waals surface area contributed by atoms with Gasteiger partial charge in [-0.15, -0.1) is 0 Å². The Morgan fingerprint density at radius 3 is 1.73 bits per heavy atom. The average molecular weight is 834 g/mol. The Bertz CT molecular complexity index is 2050. The molecule has 5 aromatic rings. The topological polar surface area (TPSA) is 185 Å². The fourth-order valence-corrected chi connectivity index (χ4v) is 7.79. The number of aryl methyl sites for hydroxylation is 4. The fraction of sp³-hybridized carbons (Fsp3) is 0.370. The number of ketones is 2. The van der Waals surface area contributed by atoms with Gasteiger partial charge in [0, 0.05) is 49.5 Å². The number of pyridine rings is 2. The van der Waals surface area contributed by atoms with Crippen LogP contribution in [-0.4, -0.2) is 87.3 Å². The van der Waals surface area contributed by atoms with Gasteiger partial charge in [0.2, 0.25) is 0 Å². The first kappa shape index (κ1) is 43.7. The summed E-state index contributed by atoms with van der Waals surface area (Å²) in [5, 5.41) is 3.10. The van der Waals surface area contributed by atoms with E-state index in [1.807, 2.05) is 60.7 Å². The number of benzene rings is 2. The molecule has 1 aliphatic heterocycles. The predicted octanol–water partition coefficient (Wildman–Crippen LogP) is 6.22. The summed E-state index contributed by atoms with van der Waals surface area (Å²) in [7, 11) is 0. The summed E-state index contributed by atoms with van der Waals surface area (Å²) in [6.45, 7) is 3.70. The molecule has 13 nitrogen and oxygen atoms in total. The summed E-state index contributed by atoms with van der Waals surface area (Å²) in [4.78, 5) is 54.9. The van der Waals surface area contributed by atoms with Crippen molar-refractivity contribution in [1.82, 2.24) is 25.3 Å². The zero-order chi connectivity index (χ0) is 42.2. The van der Waals surface area contributed by atoms with Crippen LogP contribution in [0.1, 0.15) is 71.5 Å². The highest BCUT2D eigenvalue weighted by molar-refractivity contribution is 6.31. The number of piperidine rings is 1. The van der Waals surface area contributed by atoms with E-state index in [-0.39, 0.29) is 53.3 Å². The van der Waals surface area contributed by atoms with E-state index in [2.05, 4.69) is 49.5 Å². The second kappa shape index (κ2) is 21.9. The number of ether oxygens (including phenoxy) is 2. The Morgan fingerprint density at radius 2 is 1.23 bits per heavy atom. The molecular formula is C46H54ClN8O5+. The highest BCUT2D eigenvalue weighted by Gasteiger charge is 2.35. The molecule has 60 heavy (non-hydrogen) atoms. The number of nitrogens with two attached hydrogens (primary N) is 2.